The first-order chi connectivity index (χ1) is 15.0. The molecule has 0 radical (unpaired) electrons. The van der Waals surface area contributed by atoms with Crippen molar-refractivity contribution in [2.45, 2.75) is 44.7 Å². The van der Waals surface area contributed by atoms with Gasteiger partial charge in [0.25, 0.3) is 5.56 Å². The standard InChI is InChI=1S/C25H29N3O3/c1-17(2)27-10-7-18(15-27)14-26-21-6-4-3-5-20(21)25(16-29)9-11-28-23(25)13-22-19(24(28)30)8-12-31-22/h3-6,8,12-13,16-18,26H,7,9-11,14-15H2,1-2H3. The van der Waals surface area contributed by atoms with Crippen LogP contribution in [0.4, 0.5) is 5.69 Å². The lowest BCUT2D eigenvalue weighted by Gasteiger charge is -2.27. The molecule has 1 N–H and O–H groups in total. The number of carbonyl (C=O) groups is 1. The van der Waals surface area contributed by atoms with Gasteiger partial charge in [-0.1, -0.05) is 18.2 Å². The van der Waals surface area contributed by atoms with Crippen molar-refractivity contribution in [2.24, 2.45) is 5.92 Å². The van der Waals surface area contributed by atoms with E-state index in [1.807, 2.05) is 30.3 Å². The fraction of sp³-hybridized carbons (Fsp3) is 0.440. The van der Waals surface area contributed by atoms with Crippen molar-refractivity contribution in [2.75, 3.05) is 25.0 Å². The van der Waals surface area contributed by atoms with Gasteiger partial charge in [0.1, 0.15) is 11.9 Å². The third-order valence-electron chi connectivity index (χ3n) is 7.15. The summed E-state index contributed by atoms with van der Waals surface area (Å²) in [5, 5.41) is 4.19. The van der Waals surface area contributed by atoms with E-state index in [2.05, 4.69) is 24.1 Å². The van der Waals surface area contributed by atoms with E-state index in [0.717, 1.165) is 42.9 Å². The Bertz CT molecular complexity index is 1180. The van der Waals surface area contributed by atoms with Crippen LogP contribution in [0, 0.1) is 5.92 Å². The molecule has 6 nitrogen and oxygen atoms in total. The molecule has 6 heteroatoms. The van der Waals surface area contributed by atoms with Gasteiger partial charge >= 0.3 is 0 Å². The van der Waals surface area contributed by atoms with Gasteiger partial charge in [0.05, 0.1) is 17.1 Å². The van der Waals surface area contributed by atoms with E-state index >= 15 is 0 Å². The number of para-hydroxylation sites is 1. The van der Waals surface area contributed by atoms with Crippen molar-refractivity contribution in [3.8, 4) is 0 Å². The number of likely N-dealkylation sites (tertiary alicyclic amines) is 1. The van der Waals surface area contributed by atoms with Gasteiger partial charge in [-0.05, 0) is 56.8 Å². The minimum absolute atomic E-state index is 0.0878. The summed E-state index contributed by atoms with van der Waals surface area (Å²) < 4.78 is 7.26. The fourth-order valence-electron chi connectivity index (χ4n) is 5.31. The quantitative estimate of drug-likeness (QED) is 0.618. The van der Waals surface area contributed by atoms with Gasteiger partial charge < -0.3 is 24.0 Å². The Morgan fingerprint density at radius 3 is 2.87 bits per heavy atom. The molecule has 2 aliphatic rings. The van der Waals surface area contributed by atoms with Crippen molar-refractivity contribution >= 4 is 22.9 Å². The third kappa shape index (κ3) is 3.21. The second-order valence-electron chi connectivity index (χ2n) is 9.19. The van der Waals surface area contributed by atoms with Gasteiger partial charge in [-0.2, -0.15) is 0 Å². The lowest BCUT2D eigenvalue weighted by Crippen LogP contribution is -2.31. The molecule has 0 saturated carbocycles. The maximum absolute atomic E-state index is 13.0. The summed E-state index contributed by atoms with van der Waals surface area (Å²) in [7, 11) is 0. The molecule has 0 aliphatic carbocycles. The number of fused-ring (bicyclic) bond motifs is 2. The molecule has 3 aromatic rings. The Morgan fingerprint density at radius 1 is 1.26 bits per heavy atom. The second-order valence-corrected chi connectivity index (χ2v) is 9.19. The monoisotopic (exact) mass is 419 g/mol. The van der Waals surface area contributed by atoms with E-state index in [1.165, 1.54) is 12.7 Å². The van der Waals surface area contributed by atoms with Crippen LogP contribution in [0.15, 0.2) is 51.9 Å². The summed E-state index contributed by atoms with van der Waals surface area (Å²) in [6, 6.07) is 12.2. The summed E-state index contributed by atoms with van der Waals surface area (Å²) in [5.41, 5.74) is 2.21. The van der Waals surface area contributed by atoms with Gasteiger partial charge in [0.15, 0.2) is 0 Å². The number of hydrogen-bond acceptors (Lipinski definition) is 5. The van der Waals surface area contributed by atoms with E-state index in [0.29, 0.717) is 35.9 Å². The topological polar surface area (TPSA) is 67.5 Å². The molecule has 31 heavy (non-hydrogen) atoms. The van der Waals surface area contributed by atoms with Crippen LogP contribution < -0.4 is 10.9 Å². The highest BCUT2D eigenvalue weighted by Gasteiger charge is 2.43. The smallest absolute Gasteiger partial charge is 0.261 e. The molecular formula is C25H29N3O3. The normalized spacial score (nSPS) is 23.5. The Kier molecular flexibility index (Phi) is 4.97. The number of hydrogen-bond donors (Lipinski definition) is 1. The zero-order chi connectivity index (χ0) is 21.6. The van der Waals surface area contributed by atoms with E-state index in [-0.39, 0.29) is 5.56 Å². The van der Waals surface area contributed by atoms with Crippen LogP contribution in [0.2, 0.25) is 0 Å². The Morgan fingerprint density at radius 2 is 2.10 bits per heavy atom. The number of rotatable bonds is 6. The Labute approximate surface area is 181 Å². The minimum atomic E-state index is -0.858. The molecule has 0 spiro atoms. The molecule has 1 saturated heterocycles. The van der Waals surface area contributed by atoms with Crippen LogP contribution in [-0.2, 0) is 16.8 Å². The highest BCUT2D eigenvalue weighted by molar-refractivity contribution is 5.83. The molecule has 1 fully saturated rings. The van der Waals surface area contributed by atoms with Crippen LogP contribution in [0.25, 0.3) is 11.0 Å². The fourth-order valence-corrected chi connectivity index (χ4v) is 5.31. The highest BCUT2D eigenvalue weighted by Crippen LogP contribution is 2.42. The van der Waals surface area contributed by atoms with Gasteiger partial charge in [-0.3, -0.25) is 4.79 Å². The van der Waals surface area contributed by atoms with Gasteiger partial charge in [0.2, 0.25) is 0 Å². The molecule has 5 rings (SSSR count). The van der Waals surface area contributed by atoms with Crippen molar-refractivity contribution in [3.63, 3.8) is 0 Å². The van der Waals surface area contributed by atoms with Crippen molar-refractivity contribution in [1.29, 1.82) is 0 Å². The number of aldehydes is 1. The maximum Gasteiger partial charge on any atom is 0.261 e. The number of benzene rings is 1. The van der Waals surface area contributed by atoms with Crippen LogP contribution in [-0.4, -0.2) is 41.4 Å². The zero-order valence-corrected chi connectivity index (χ0v) is 18.1. The zero-order valence-electron chi connectivity index (χ0n) is 18.1. The summed E-state index contributed by atoms with van der Waals surface area (Å²) in [4.78, 5) is 28.1. The molecular weight excluding hydrogens is 390 g/mol. The summed E-state index contributed by atoms with van der Waals surface area (Å²) in [6.45, 7) is 8.12. The number of pyridine rings is 1. The van der Waals surface area contributed by atoms with Gasteiger partial charge in [-0.15, -0.1) is 0 Å². The molecule has 162 valence electrons. The summed E-state index contributed by atoms with van der Waals surface area (Å²) >= 11 is 0. The third-order valence-corrected chi connectivity index (χ3v) is 7.15. The molecule has 2 unspecified atom stereocenters. The average Bonchev–Trinajstić information content (AvgIpc) is 3.51. The first kappa shape index (κ1) is 20.1. The van der Waals surface area contributed by atoms with Gasteiger partial charge in [-0.25, -0.2) is 0 Å². The number of furan rings is 1. The average molecular weight is 420 g/mol. The Balaban J connectivity index is 1.49. The number of aromatic nitrogens is 1. The maximum atomic E-state index is 13.0. The predicted octanol–water partition coefficient (Wildman–Crippen LogP) is 3.63. The number of carbonyl (C=O) groups excluding carboxylic acids is 1. The van der Waals surface area contributed by atoms with Crippen LogP contribution in [0.1, 0.15) is 37.9 Å². The second kappa shape index (κ2) is 7.68. The Hall–Kier alpha value is -2.86. The van der Waals surface area contributed by atoms with E-state index in [4.69, 9.17) is 4.42 Å². The summed E-state index contributed by atoms with van der Waals surface area (Å²) in [6.07, 6.45) is 4.29. The SMILES string of the molecule is CC(C)N1CCC(CNc2ccccc2C2(C=O)CCn3c2cc2occc2c3=O)C1. The number of anilines is 1. The van der Waals surface area contributed by atoms with Crippen molar-refractivity contribution in [3.05, 3.63) is 64.3 Å². The molecule has 4 heterocycles. The number of nitrogens with zero attached hydrogens (tertiary/aromatic N) is 2. The molecule has 1 aromatic carbocycles. The van der Waals surface area contributed by atoms with Crippen molar-refractivity contribution in [1.82, 2.24) is 9.47 Å². The van der Waals surface area contributed by atoms with Crippen LogP contribution >= 0.6 is 0 Å². The highest BCUT2D eigenvalue weighted by atomic mass is 16.3. The molecule has 0 amide bonds. The lowest BCUT2D eigenvalue weighted by atomic mass is 9.77. The lowest BCUT2D eigenvalue weighted by molar-refractivity contribution is -0.111. The van der Waals surface area contributed by atoms with Gasteiger partial charge in [0, 0.05) is 43.1 Å². The summed E-state index contributed by atoms with van der Waals surface area (Å²) in [5.74, 6) is 0.587. The molecule has 0 bridgehead atoms. The van der Waals surface area contributed by atoms with E-state index < -0.39 is 5.41 Å². The number of nitrogens with one attached hydrogen (secondary N) is 1. The minimum Gasteiger partial charge on any atom is -0.464 e. The molecule has 2 aromatic heterocycles. The predicted molar refractivity (Wildman–Crippen MR) is 122 cm³/mol. The van der Waals surface area contributed by atoms with Crippen molar-refractivity contribution < 1.29 is 9.21 Å². The van der Waals surface area contributed by atoms with Crippen LogP contribution in [0.5, 0.6) is 0 Å². The molecule has 2 atom stereocenters. The van der Waals surface area contributed by atoms with E-state index in [1.54, 1.807) is 10.6 Å². The van der Waals surface area contributed by atoms with Crippen LogP contribution in [0.3, 0.4) is 0 Å². The first-order valence-corrected chi connectivity index (χ1v) is 11.2. The molecule has 2 aliphatic heterocycles. The van der Waals surface area contributed by atoms with E-state index in [9.17, 15) is 9.59 Å². The largest absolute Gasteiger partial charge is 0.464 e. The first-order valence-electron chi connectivity index (χ1n) is 11.2.